The molecule has 1 atom stereocenters. The third-order valence-corrected chi connectivity index (χ3v) is 6.76. The highest BCUT2D eigenvalue weighted by atomic mass is 32.2. The quantitative estimate of drug-likeness (QED) is 0.645. The van der Waals surface area contributed by atoms with E-state index in [1.54, 1.807) is 41.2 Å². The average Bonchev–Trinajstić information content (AvgIpc) is 3.41. The van der Waals surface area contributed by atoms with E-state index in [0.29, 0.717) is 17.1 Å². The first-order valence-electron chi connectivity index (χ1n) is 11.3. The van der Waals surface area contributed by atoms with Crippen LogP contribution < -0.4 is 10.6 Å². The summed E-state index contributed by atoms with van der Waals surface area (Å²) in [5.41, 5.74) is 1.04. The van der Waals surface area contributed by atoms with Crippen LogP contribution in [0.4, 0.5) is 11.5 Å². The normalized spacial score (nSPS) is 18.2. The number of carbonyl (C=O) groups is 3. The molecule has 2 aliphatic rings. The van der Waals surface area contributed by atoms with Crippen molar-refractivity contribution in [3.63, 3.8) is 0 Å². The number of anilines is 2. The fraction of sp³-hybridized carbons (Fsp3) is 0.435. The van der Waals surface area contributed by atoms with Crippen LogP contribution in [0.15, 0.2) is 41.5 Å². The zero-order chi connectivity index (χ0) is 23.2. The molecule has 4 rings (SSSR count). The van der Waals surface area contributed by atoms with Gasteiger partial charge in [0.05, 0.1) is 6.20 Å². The average molecular weight is 469 g/mol. The first-order chi connectivity index (χ1) is 16.0. The maximum absolute atomic E-state index is 12.5. The topological polar surface area (TPSA) is 109 Å². The highest BCUT2D eigenvalue weighted by molar-refractivity contribution is 8.15. The molecule has 0 spiro atoms. The van der Waals surface area contributed by atoms with Gasteiger partial charge in [-0.05, 0) is 49.9 Å². The second kappa shape index (κ2) is 10.7. The Morgan fingerprint density at radius 2 is 1.85 bits per heavy atom. The lowest BCUT2D eigenvalue weighted by Crippen LogP contribution is -2.33. The van der Waals surface area contributed by atoms with Crippen LogP contribution in [0.3, 0.4) is 0 Å². The Kier molecular flexibility index (Phi) is 7.43. The molecule has 9 nitrogen and oxygen atoms in total. The predicted octanol–water partition coefficient (Wildman–Crippen LogP) is 3.36. The number of hydrogen-bond donors (Lipinski definition) is 2. The van der Waals surface area contributed by atoms with Crippen molar-refractivity contribution in [3.8, 4) is 0 Å². The fourth-order valence-corrected chi connectivity index (χ4v) is 4.95. The summed E-state index contributed by atoms with van der Waals surface area (Å²) in [6, 6.07) is 8.41. The Hall–Kier alpha value is -3.14. The highest BCUT2D eigenvalue weighted by Crippen LogP contribution is 2.29. The summed E-state index contributed by atoms with van der Waals surface area (Å²) in [7, 11) is 0. The zero-order valence-electron chi connectivity index (χ0n) is 18.6. The van der Waals surface area contributed by atoms with E-state index in [2.05, 4.69) is 25.6 Å². The number of aliphatic imine (C=N–C) groups is 1. The van der Waals surface area contributed by atoms with Crippen molar-refractivity contribution in [3.05, 3.63) is 42.1 Å². The number of carbonyl (C=O) groups excluding carboxylic acids is 3. The number of benzene rings is 1. The Morgan fingerprint density at radius 1 is 1.09 bits per heavy atom. The highest BCUT2D eigenvalue weighted by Gasteiger charge is 2.33. The van der Waals surface area contributed by atoms with Gasteiger partial charge < -0.3 is 15.5 Å². The van der Waals surface area contributed by atoms with Gasteiger partial charge in [0.25, 0.3) is 11.8 Å². The first-order valence-corrected chi connectivity index (χ1v) is 12.2. The second-order valence-corrected chi connectivity index (χ2v) is 9.28. The van der Waals surface area contributed by atoms with Crippen LogP contribution >= 0.6 is 11.8 Å². The van der Waals surface area contributed by atoms with Crippen LogP contribution in [0.25, 0.3) is 0 Å². The van der Waals surface area contributed by atoms with Gasteiger partial charge in [-0.25, -0.2) is 4.68 Å². The smallest absolute Gasteiger partial charge is 0.262 e. The summed E-state index contributed by atoms with van der Waals surface area (Å²) in [6.45, 7) is 4.60. The molecule has 2 aromatic rings. The summed E-state index contributed by atoms with van der Waals surface area (Å²) >= 11 is 1.38. The summed E-state index contributed by atoms with van der Waals surface area (Å²) in [4.78, 5) is 43.6. The lowest BCUT2D eigenvalue weighted by Gasteiger charge is -2.27. The van der Waals surface area contributed by atoms with Crippen molar-refractivity contribution in [1.82, 2.24) is 14.7 Å². The molecule has 3 heterocycles. The Bertz CT molecular complexity index is 1040. The SMILES string of the molecule is CCCn1nccc1NC(=O)c1ccc(NC(=O)CC2SC(N3CCCCC3)=NC2=O)cc1. The summed E-state index contributed by atoms with van der Waals surface area (Å²) in [5.74, 6) is -0.105. The van der Waals surface area contributed by atoms with Gasteiger partial charge in [0.15, 0.2) is 5.17 Å². The number of amidine groups is 1. The molecule has 0 bridgehead atoms. The van der Waals surface area contributed by atoms with Crippen LogP contribution in [0.2, 0.25) is 0 Å². The van der Waals surface area contributed by atoms with Crippen molar-refractivity contribution in [1.29, 1.82) is 0 Å². The molecule has 2 aliphatic heterocycles. The molecule has 0 aliphatic carbocycles. The van der Waals surface area contributed by atoms with Crippen LogP contribution in [0, 0.1) is 0 Å². The zero-order valence-corrected chi connectivity index (χ0v) is 19.4. The monoisotopic (exact) mass is 468 g/mol. The van der Waals surface area contributed by atoms with Gasteiger partial charge in [-0.15, -0.1) is 0 Å². The molecule has 3 amide bonds. The van der Waals surface area contributed by atoms with Crippen LogP contribution in [-0.4, -0.2) is 55.9 Å². The fourth-order valence-electron chi connectivity index (χ4n) is 3.83. The number of piperidine rings is 1. The molecular formula is C23H28N6O3S. The number of likely N-dealkylation sites (tertiary alicyclic amines) is 1. The maximum Gasteiger partial charge on any atom is 0.262 e. The first kappa shape index (κ1) is 23.0. The van der Waals surface area contributed by atoms with E-state index in [4.69, 9.17) is 0 Å². The van der Waals surface area contributed by atoms with E-state index in [1.807, 2.05) is 6.92 Å². The minimum atomic E-state index is -0.486. The van der Waals surface area contributed by atoms with E-state index in [9.17, 15) is 14.4 Å². The molecule has 1 aromatic heterocycles. The van der Waals surface area contributed by atoms with Gasteiger partial charge >= 0.3 is 0 Å². The largest absolute Gasteiger partial charge is 0.351 e. The molecule has 1 fully saturated rings. The minimum absolute atomic E-state index is 0.0635. The van der Waals surface area contributed by atoms with Crippen molar-refractivity contribution < 1.29 is 14.4 Å². The number of nitrogens with one attached hydrogen (secondary N) is 2. The Balaban J connectivity index is 1.28. The lowest BCUT2D eigenvalue weighted by atomic mass is 10.1. The van der Waals surface area contributed by atoms with Crippen LogP contribution in [0.1, 0.15) is 49.4 Å². The summed E-state index contributed by atoms with van der Waals surface area (Å²) in [6.07, 6.45) is 6.05. The molecule has 1 aromatic carbocycles. The van der Waals surface area contributed by atoms with Gasteiger partial charge in [0.2, 0.25) is 5.91 Å². The van der Waals surface area contributed by atoms with Crippen molar-refractivity contribution in [2.45, 2.75) is 50.8 Å². The summed E-state index contributed by atoms with van der Waals surface area (Å²) in [5, 5.41) is 10.1. The van der Waals surface area contributed by atoms with Gasteiger partial charge in [0.1, 0.15) is 11.1 Å². The molecule has 33 heavy (non-hydrogen) atoms. The van der Waals surface area contributed by atoms with E-state index in [-0.39, 0.29) is 24.1 Å². The van der Waals surface area contributed by atoms with Gasteiger partial charge in [-0.2, -0.15) is 10.1 Å². The number of aromatic nitrogens is 2. The Morgan fingerprint density at radius 3 is 2.58 bits per heavy atom. The Labute approximate surface area is 197 Å². The van der Waals surface area contributed by atoms with Crippen LogP contribution in [0.5, 0.6) is 0 Å². The lowest BCUT2D eigenvalue weighted by molar-refractivity contribution is -0.121. The summed E-state index contributed by atoms with van der Waals surface area (Å²) < 4.78 is 1.75. The molecule has 0 radical (unpaired) electrons. The third-order valence-electron chi connectivity index (χ3n) is 5.55. The number of hydrogen-bond acceptors (Lipinski definition) is 6. The second-order valence-electron chi connectivity index (χ2n) is 8.11. The molecule has 2 N–H and O–H groups in total. The number of aryl methyl sites for hydroxylation is 1. The third kappa shape index (κ3) is 5.81. The number of thioether (sulfide) groups is 1. The molecule has 10 heteroatoms. The van der Waals surface area contributed by atoms with E-state index in [1.165, 1.54) is 18.2 Å². The maximum atomic E-state index is 12.5. The van der Waals surface area contributed by atoms with Crippen LogP contribution in [-0.2, 0) is 16.1 Å². The van der Waals surface area contributed by atoms with Gasteiger partial charge in [0, 0.05) is 43.4 Å². The van der Waals surface area contributed by atoms with E-state index >= 15 is 0 Å². The standard InChI is InChI=1S/C23H28N6O3S/c1-2-12-29-19(10-11-24-29)26-21(31)16-6-8-17(9-7-16)25-20(30)15-18-22(32)27-23(33-18)28-13-4-3-5-14-28/h6-11,18H,2-5,12-15H2,1H3,(H,25,30)(H,26,31). The van der Waals surface area contributed by atoms with E-state index in [0.717, 1.165) is 44.1 Å². The van der Waals surface area contributed by atoms with Gasteiger partial charge in [-0.1, -0.05) is 18.7 Å². The number of amides is 3. The molecule has 1 unspecified atom stereocenters. The van der Waals surface area contributed by atoms with Gasteiger partial charge in [-0.3, -0.25) is 14.4 Å². The molecule has 174 valence electrons. The van der Waals surface area contributed by atoms with Crippen molar-refractivity contribution in [2.24, 2.45) is 4.99 Å². The number of rotatable bonds is 7. The number of nitrogens with zero attached hydrogens (tertiary/aromatic N) is 4. The van der Waals surface area contributed by atoms with E-state index < -0.39 is 5.25 Å². The minimum Gasteiger partial charge on any atom is -0.351 e. The van der Waals surface area contributed by atoms with Crippen molar-refractivity contribution in [2.75, 3.05) is 23.7 Å². The van der Waals surface area contributed by atoms with Crippen molar-refractivity contribution >= 4 is 46.2 Å². The molecule has 1 saturated heterocycles. The predicted molar refractivity (Wildman–Crippen MR) is 129 cm³/mol. The molecular weight excluding hydrogens is 440 g/mol. The molecule has 0 saturated carbocycles.